The zero-order valence-electron chi connectivity index (χ0n) is 20.3. The number of pyridine rings is 1. The maximum atomic E-state index is 12.2. The van der Waals surface area contributed by atoms with Crippen LogP contribution in [0.3, 0.4) is 0 Å². The molecule has 1 amide bonds. The molecule has 2 fully saturated rings. The third-order valence-corrected chi connectivity index (χ3v) is 6.85. The highest BCUT2D eigenvalue weighted by Crippen LogP contribution is 2.41. The lowest BCUT2D eigenvalue weighted by molar-refractivity contribution is -0.386. The molecule has 2 aliphatic heterocycles. The van der Waals surface area contributed by atoms with Gasteiger partial charge in [0, 0.05) is 50.0 Å². The number of hydrogen-bond acceptors (Lipinski definition) is 8. The third-order valence-electron chi connectivity index (χ3n) is 5.94. The number of nitrogens with zero attached hydrogens (tertiary/aromatic N) is 4. The summed E-state index contributed by atoms with van der Waals surface area (Å²) in [7, 11) is 0. The van der Waals surface area contributed by atoms with Gasteiger partial charge in [-0.05, 0) is 54.4 Å². The molecule has 0 saturated carbocycles. The quantitative estimate of drug-likeness (QED) is 0.261. The third kappa shape index (κ3) is 6.01. The van der Waals surface area contributed by atoms with Gasteiger partial charge in [0.25, 0.3) is 0 Å². The van der Waals surface area contributed by atoms with E-state index in [0.29, 0.717) is 49.4 Å². The summed E-state index contributed by atoms with van der Waals surface area (Å²) in [5, 5.41) is 12.2. The predicted molar refractivity (Wildman–Crippen MR) is 138 cm³/mol. The van der Waals surface area contributed by atoms with Crippen molar-refractivity contribution in [2.45, 2.75) is 38.9 Å². The molecule has 2 saturated heterocycles. The van der Waals surface area contributed by atoms with Crippen LogP contribution in [0.5, 0.6) is 5.75 Å². The predicted octanol–water partition coefficient (Wildman–Crippen LogP) is 5.16. The first-order chi connectivity index (χ1) is 17.0. The number of anilines is 1. The van der Waals surface area contributed by atoms with Gasteiger partial charge in [-0.3, -0.25) is 10.1 Å². The number of halogens is 2. The van der Waals surface area contributed by atoms with Crippen molar-refractivity contribution in [3.63, 3.8) is 0 Å². The first kappa shape index (κ1) is 26.4. The summed E-state index contributed by atoms with van der Waals surface area (Å²) in [5.74, 6) is 0.0715. The van der Waals surface area contributed by atoms with Crippen LogP contribution in [0.2, 0.25) is 5.15 Å². The van der Waals surface area contributed by atoms with Crippen LogP contribution >= 0.6 is 27.5 Å². The Balaban J connectivity index is 1.51. The molecule has 1 aromatic carbocycles. The Morgan fingerprint density at radius 2 is 2.00 bits per heavy atom. The summed E-state index contributed by atoms with van der Waals surface area (Å²) in [5.41, 5.74) is 1.52. The maximum Gasteiger partial charge on any atom is 0.410 e. The van der Waals surface area contributed by atoms with Crippen LogP contribution in [-0.4, -0.2) is 65.9 Å². The Morgan fingerprint density at radius 3 is 2.64 bits per heavy atom. The molecular formula is C24H28BrClN4O6. The fourth-order valence-corrected chi connectivity index (χ4v) is 4.90. The van der Waals surface area contributed by atoms with E-state index in [-0.39, 0.29) is 29.1 Å². The number of nitro benzene ring substituents is 1. The molecule has 0 spiro atoms. The molecule has 0 unspecified atom stereocenters. The first-order valence-electron chi connectivity index (χ1n) is 11.6. The smallest absolute Gasteiger partial charge is 0.410 e. The standard InChI is InChI=1S/C24H28BrClN4O6/c1-24(2,3)36-23(31)29-12-16(13-29)15-10-18(25)21(20(11-15)30(32)33)35-14-17-19(4-5-27-22(17)26)28-6-8-34-9-7-28/h4-5,10-11,16H,6-9,12-14H2,1-3H3. The van der Waals surface area contributed by atoms with Crippen molar-refractivity contribution in [1.29, 1.82) is 0 Å². The largest absolute Gasteiger partial charge is 0.481 e. The highest BCUT2D eigenvalue weighted by atomic mass is 79.9. The van der Waals surface area contributed by atoms with Gasteiger partial charge in [-0.25, -0.2) is 9.78 Å². The first-order valence-corrected chi connectivity index (χ1v) is 12.7. The monoisotopic (exact) mass is 582 g/mol. The minimum Gasteiger partial charge on any atom is -0.481 e. The van der Waals surface area contributed by atoms with Crippen LogP contribution in [0.15, 0.2) is 28.9 Å². The molecule has 10 nitrogen and oxygen atoms in total. The number of nitro groups is 1. The summed E-state index contributed by atoms with van der Waals surface area (Å²) < 4.78 is 17.3. The summed E-state index contributed by atoms with van der Waals surface area (Å²) in [6, 6.07) is 5.16. The Bertz CT molecular complexity index is 1150. The van der Waals surface area contributed by atoms with E-state index in [9.17, 15) is 14.9 Å². The van der Waals surface area contributed by atoms with E-state index in [1.54, 1.807) is 17.2 Å². The SMILES string of the molecule is CC(C)(C)OC(=O)N1CC(c2cc(Br)c(OCc3c(N4CCOCC4)ccnc3Cl)c([N+](=O)[O-])c2)C1. The van der Waals surface area contributed by atoms with E-state index >= 15 is 0 Å². The number of benzene rings is 1. The molecule has 1 aromatic heterocycles. The summed E-state index contributed by atoms with van der Waals surface area (Å²) >= 11 is 9.84. The Labute approximate surface area is 222 Å². The highest BCUT2D eigenvalue weighted by Gasteiger charge is 2.36. The van der Waals surface area contributed by atoms with Gasteiger partial charge in [0.2, 0.25) is 5.75 Å². The van der Waals surface area contributed by atoms with Gasteiger partial charge in [-0.1, -0.05) is 11.6 Å². The Kier molecular flexibility index (Phi) is 7.91. The van der Waals surface area contributed by atoms with Crippen LogP contribution in [0.4, 0.5) is 16.2 Å². The lowest BCUT2D eigenvalue weighted by Crippen LogP contribution is -2.50. The topological polar surface area (TPSA) is 107 Å². The fraction of sp³-hybridized carbons (Fsp3) is 0.500. The van der Waals surface area contributed by atoms with Gasteiger partial charge in [0.15, 0.2) is 0 Å². The number of likely N-dealkylation sites (tertiary alicyclic amines) is 1. The molecule has 36 heavy (non-hydrogen) atoms. The molecule has 0 aliphatic carbocycles. The number of aromatic nitrogens is 1. The molecular weight excluding hydrogens is 556 g/mol. The molecule has 194 valence electrons. The van der Waals surface area contributed by atoms with E-state index in [4.69, 9.17) is 25.8 Å². The zero-order valence-corrected chi connectivity index (χ0v) is 22.7. The number of amides is 1. The van der Waals surface area contributed by atoms with Crippen molar-refractivity contribution in [1.82, 2.24) is 9.88 Å². The van der Waals surface area contributed by atoms with Gasteiger partial charge in [-0.15, -0.1) is 0 Å². The molecule has 0 radical (unpaired) electrons. The molecule has 2 aliphatic rings. The molecule has 0 atom stereocenters. The number of carbonyl (C=O) groups excluding carboxylic acids is 1. The normalized spacial score (nSPS) is 16.5. The minimum absolute atomic E-state index is 0.00794. The lowest BCUT2D eigenvalue weighted by Gasteiger charge is -2.40. The van der Waals surface area contributed by atoms with Crippen molar-refractivity contribution in [3.05, 3.63) is 55.3 Å². The molecule has 4 rings (SSSR count). The fourth-order valence-electron chi connectivity index (χ4n) is 4.11. The number of morpholine rings is 1. The zero-order chi connectivity index (χ0) is 26.0. The van der Waals surface area contributed by atoms with Crippen LogP contribution < -0.4 is 9.64 Å². The summed E-state index contributed by atoms with van der Waals surface area (Å²) in [6.45, 7) is 8.89. The van der Waals surface area contributed by atoms with E-state index in [1.807, 2.05) is 26.8 Å². The van der Waals surface area contributed by atoms with Crippen molar-refractivity contribution in [3.8, 4) is 5.75 Å². The molecule has 12 heteroatoms. The number of hydrogen-bond donors (Lipinski definition) is 0. The van der Waals surface area contributed by atoms with Crippen molar-refractivity contribution in [2.75, 3.05) is 44.3 Å². The maximum absolute atomic E-state index is 12.2. The van der Waals surface area contributed by atoms with Crippen molar-refractivity contribution < 1.29 is 23.9 Å². The second-order valence-electron chi connectivity index (χ2n) is 9.68. The molecule has 2 aromatic rings. The van der Waals surface area contributed by atoms with Crippen LogP contribution in [0.25, 0.3) is 0 Å². The number of carbonyl (C=O) groups is 1. The second kappa shape index (κ2) is 10.8. The van der Waals surface area contributed by atoms with Gasteiger partial charge in [0.05, 0.1) is 28.2 Å². The van der Waals surface area contributed by atoms with Crippen LogP contribution in [0, 0.1) is 10.1 Å². The summed E-state index contributed by atoms with van der Waals surface area (Å²) in [6.07, 6.45) is 1.24. The molecule has 3 heterocycles. The van der Waals surface area contributed by atoms with Crippen LogP contribution in [-0.2, 0) is 16.1 Å². The second-order valence-corrected chi connectivity index (χ2v) is 10.9. The van der Waals surface area contributed by atoms with E-state index < -0.39 is 16.6 Å². The lowest BCUT2D eigenvalue weighted by atomic mass is 9.91. The van der Waals surface area contributed by atoms with Crippen LogP contribution in [0.1, 0.15) is 37.8 Å². The number of rotatable bonds is 6. The average Bonchev–Trinajstić information content (AvgIpc) is 2.77. The molecule has 0 bridgehead atoms. The van der Waals surface area contributed by atoms with E-state index in [2.05, 4.69) is 25.8 Å². The van der Waals surface area contributed by atoms with Gasteiger partial charge >= 0.3 is 11.8 Å². The van der Waals surface area contributed by atoms with E-state index in [1.165, 1.54) is 6.07 Å². The van der Waals surface area contributed by atoms with Gasteiger partial charge < -0.3 is 24.0 Å². The summed E-state index contributed by atoms with van der Waals surface area (Å²) in [4.78, 5) is 31.6. The van der Waals surface area contributed by atoms with Crippen molar-refractivity contribution in [2.24, 2.45) is 0 Å². The Hall–Kier alpha value is -2.63. The Morgan fingerprint density at radius 1 is 1.31 bits per heavy atom. The average molecular weight is 584 g/mol. The van der Waals surface area contributed by atoms with E-state index in [0.717, 1.165) is 11.3 Å². The van der Waals surface area contributed by atoms with Crippen molar-refractivity contribution >= 4 is 45.0 Å². The molecule has 0 N–H and O–H groups in total. The minimum atomic E-state index is -0.582. The van der Waals surface area contributed by atoms with Gasteiger partial charge in [0.1, 0.15) is 17.4 Å². The van der Waals surface area contributed by atoms with Gasteiger partial charge in [-0.2, -0.15) is 0 Å². The highest BCUT2D eigenvalue weighted by molar-refractivity contribution is 9.10. The number of ether oxygens (including phenoxy) is 3.